The van der Waals surface area contributed by atoms with Gasteiger partial charge in [-0.25, -0.2) is 4.98 Å². The lowest BCUT2D eigenvalue weighted by atomic mass is 10.0. The zero-order valence-electron chi connectivity index (χ0n) is 15.2. The molecule has 4 aromatic rings. The molecule has 0 aliphatic rings. The van der Waals surface area contributed by atoms with Crippen LogP contribution in [0, 0.1) is 0 Å². The van der Waals surface area contributed by atoms with Gasteiger partial charge in [0.1, 0.15) is 4.70 Å². The topological polar surface area (TPSA) is 73.8 Å². The number of benzene rings is 1. The van der Waals surface area contributed by atoms with Gasteiger partial charge in [0.05, 0.1) is 11.3 Å². The number of thiophene rings is 1. The molecule has 8 heteroatoms. The first-order valence-electron chi connectivity index (χ1n) is 8.53. The molecule has 0 aliphatic carbocycles. The molecule has 0 spiro atoms. The van der Waals surface area contributed by atoms with Gasteiger partial charge in [0, 0.05) is 12.6 Å². The average molecular weight is 399 g/mol. The molecular formula is C19H18N4O2S2. The largest absolute Gasteiger partial charge is 0.338 e. The van der Waals surface area contributed by atoms with Crippen molar-refractivity contribution in [3.05, 3.63) is 57.5 Å². The molecule has 6 nitrogen and oxygen atoms in total. The minimum atomic E-state index is -0.0334. The van der Waals surface area contributed by atoms with Crippen LogP contribution in [-0.4, -0.2) is 19.7 Å². The SMILES string of the molecule is CC(C)c1ccc(-c2noc(CSc3nc4ccsc4c(=O)n3C)n2)cc1. The van der Waals surface area contributed by atoms with Gasteiger partial charge in [0.2, 0.25) is 11.7 Å². The van der Waals surface area contributed by atoms with E-state index in [0.29, 0.717) is 33.2 Å². The highest BCUT2D eigenvalue weighted by molar-refractivity contribution is 7.98. The number of nitrogens with zero attached hydrogens (tertiary/aromatic N) is 4. The van der Waals surface area contributed by atoms with Gasteiger partial charge in [-0.15, -0.1) is 11.3 Å². The van der Waals surface area contributed by atoms with E-state index in [1.54, 1.807) is 11.6 Å². The number of hydrogen-bond donors (Lipinski definition) is 0. The van der Waals surface area contributed by atoms with E-state index in [9.17, 15) is 4.79 Å². The molecule has 4 rings (SSSR count). The van der Waals surface area contributed by atoms with E-state index in [1.165, 1.54) is 28.7 Å². The van der Waals surface area contributed by atoms with Crippen LogP contribution in [0.25, 0.3) is 21.6 Å². The molecule has 0 saturated carbocycles. The van der Waals surface area contributed by atoms with Gasteiger partial charge < -0.3 is 4.52 Å². The zero-order chi connectivity index (χ0) is 19.0. The van der Waals surface area contributed by atoms with Crippen molar-refractivity contribution in [2.45, 2.75) is 30.7 Å². The summed E-state index contributed by atoms with van der Waals surface area (Å²) in [7, 11) is 1.73. The smallest absolute Gasteiger partial charge is 0.271 e. The number of fused-ring (bicyclic) bond motifs is 1. The van der Waals surface area contributed by atoms with Crippen LogP contribution < -0.4 is 5.56 Å². The second kappa shape index (κ2) is 7.28. The van der Waals surface area contributed by atoms with Crippen molar-refractivity contribution >= 4 is 33.3 Å². The summed E-state index contributed by atoms with van der Waals surface area (Å²) in [6.45, 7) is 4.32. The van der Waals surface area contributed by atoms with Crippen LogP contribution in [0.4, 0.5) is 0 Å². The van der Waals surface area contributed by atoms with Crippen LogP contribution in [0.5, 0.6) is 0 Å². The van der Waals surface area contributed by atoms with Crippen LogP contribution in [-0.2, 0) is 12.8 Å². The second-order valence-electron chi connectivity index (χ2n) is 6.47. The molecule has 0 bridgehead atoms. The van der Waals surface area contributed by atoms with Crippen molar-refractivity contribution in [3.8, 4) is 11.4 Å². The van der Waals surface area contributed by atoms with Crippen LogP contribution >= 0.6 is 23.1 Å². The Bertz CT molecular complexity index is 1140. The predicted molar refractivity (Wildman–Crippen MR) is 108 cm³/mol. The van der Waals surface area contributed by atoms with Gasteiger partial charge in [0.25, 0.3) is 5.56 Å². The van der Waals surface area contributed by atoms with Crippen molar-refractivity contribution in [3.63, 3.8) is 0 Å². The van der Waals surface area contributed by atoms with Gasteiger partial charge in [-0.3, -0.25) is 9.36 Å². The lowest BCUT2D eigenvalue weighted by molar-refractivity contribution is 0.391. The molecule has 0 aliphatic heterocycles. The van der Waals surface area contributed by atoms with Crippen LogP contribution in [0.15, 0.2) is 50.2 Å². The fraction of sp³-hybridized carbons (Fsp3) is 0.263. The zero-order valence-corrected chi connectivity index (χ0v) is 16.8. The number of rotatable bonds is 5. The summed E-state index contributed by atoms with van der Waals surface area (Å²) < 4.78 is 7.60. The van der Waals surface area contributed by atoms with E-state index in [0.717, 1.165) is 11.1 Å². The summed E-state index contributed by atoms with van der Waals surface area (Å²) in [4.78, 5) is 21.4. The van der Waals surface area contributed by atoms with Crippen LogP contribution in [0.1, 0.15) is 31.2 Å². The third kappa shape index (κ3) is 3.54. The lowest BCUT2D eigenvalue weighted by Crippen LogP contribution is -2.18. The molecule has 27 heavy (non-hydrogen) atoms. The quantitative estimate of drug-likeness (QED) is 0.365. The fourth-order valence-corrected chi connectivity index (χ4v) is 4.29. The first kappa shape index (κ1) is 17.9. The van der Waals surface area contributed by atoms with E-state index in [-0.39, 0.29) is 5.56 Å². The molecule has 3 aromatic heterocycles. The van der Waals surface area contributed by atoms with E-state index in [1.807, 2.05) is 23.6 Å². The number of aromatic nitrogens is 4. The summed E-state index contributed by atoms with van der Waals surface area (Å²) in [5, 5.41) is 6.58. The molecule has 0 fully saturated rings. The Kier molecular flexibility index (Phi) is 4.84. The minimum Gasteiger partial charge on any atom is -0.338 e. The standard InChI is InChI=1S/C19H18N4O2S2/c1-11(2)12-4-6-13(7-5-12)17-21-15(25-22-17)10-27-19-20-14-8-9-26-16(14)18(24)23(19)3/h4-9,11H,10H2,1-3H3. The molecule has 0 radical (unpaired) electrons. The van der Waals surface area contributed by atoms with Crippen molar-refractivity contribution < 1.29 is 4.52 Å². The normalized spacial score (nSPS) is 11.6. The first-order valence-corrected chi connectivity index (χ1v) is 10.4. The Morgan fingerprint density at radius 3 is 2.70 bits per heavy atom. The summed E-state index contributed by atoms with van der Waals surface area (Å²) in [6.07, 6.45) is 0. The lowest BCUT2D eigenvalue weighted by Gasteiger charge is -2.05. The summed E-state index contributed by atoms with van der Waals surface area (Å²) in [5.41, 5.74) is 2.88. The second-order valence-corrected chi connectivity index (χ2v) is 8.33. The van der Waals surface area contributed by atoms with Crippen molar-refractivity contribution in [2.75, 3.05) is 0 Å². The minimum absolute atomic E-state index is 0.0334. The van der Waals surface area contributed by atoms with Crippen molar-refractivity contribution in [1.82, 2.24) is 19.7 Å². The highest BCUT2D eigenvalue weighted by Gasteiger charge is 2.13. The first-order chi connectivity index (χ1) is 13.0. The molecule has 0 saturated heterocycles. The van der Waals surface area contributed by atoms with Gasteiger partial charge in [0.15, 0.2) is 5.16 Å². The summed E-state index contributed by atoms with van der Waals surface area (Å²) >= 11 is 2.82. The van der Waals surface area contributed by atoms with E-state index in [2.05, 4.69) is 41.1 Å². The van der Waals surface area contributed by atoms with Crippen LogP contribution in [0.2, 0.25) is 0 Å². The van der Waals surface area contributed by atoms with Gasteiger partial charge in [-0.2, -0.15) is 4.98 Å². The molecule has 0 atom stereocenters. The van der Waals surface area contributed by atoms with Crippen molar-refractivity contribution in [1.29, 1.82) is 0 Å². The molecule has 0 amide bonds. The van der Waals surface area contributed by atoms with Crippen LogP contribution in [0.3, 0.4) is 0 Å². The van der Waals surface area contributed by atoms with E-state index in [4.69, 9.17) is 4.52 Å². The Morgan fingerprint density at radius 2 is 1.96 bits per heavy atom. The highest BCUT2D eigenvalue weighted by atomic mass is 32.2. The van der Waals surface area contributed by atoms with Gasteiger partial charge in [-0.1, -0.05) is 55.0 Å². The maximum atomic E-state index is 12.4. The third-order valence-electron chi connectivity index (χ3n) is 4.27. The molecule has 0 N–H and O–H groups in total. The fourth-order valence-electron chi connectivity index (χ4n) is 2.67. The monoisotopic (exact) mass is 398 g/mol. The molecule has 0 unspecified atom stereocenters. The Balaban J connectivity index is 1.52. The number of hydrogen-bond acceptors (Lipinski definition) is 7. The molecule has 3 heterocycles. The van der Waals surface area contributed by atoms with E-state index >= 15 is 0 Å². The summed E-state index contributed by atoms with van der Waals surface area (Å²) in [5.74, 6) is 2.00. The maximum Gasteiger partial charge on any atom is 0.271 e. The molecular weight excluding hydrogens is 380 g/mol. The van der Waals surface area contributed by atoms with Gasteiger partial charge in [-0.05, 0) is 22.9 Å². The van der Waals surface area contributed by atoms with Gasteiger partial charge >= 0.3 is 0 Å². The summed E-state index contributed by atoms with van der Waals surface area (Å²) in [6, 6.07) is 10.0. The van der Waals surface area contributed by atoms with Crippen molar-refractivity contribution in [2.24, 2.45) is 7.05 Å². The Morgan fingerprint density at radius 1 is 1.19 bits per heavy atom. The molecule has 138 valence electrons. The Labute approximate surface area is 164 Å². The van der Waals surface area contributed by atoms with E-state index < -0.39 is 0 Å². The highest BCUT2D eigenvalue weighted by Crippen LogP contribution is 2.25. The average Bonchev–Trinajstić information content (AvgIpc) is 3.33. The Hall–Kier alpha value is -2.45. The number of thioether (sulfide) groups is 1. The molecule has 1 aromatic carbocycles. The third-order valence-corrected chi connectivity index (χ3v) is 6.18. The predicted octanol–water partition coefficient (Wildman–Crippen LogP) is 4.46. The maximum absolute atomic E-state index is 12.4.